The quantitative estimate of drug-likeness (QED) is 0.0764. The topological polar surface area (TPSA) is 83.2 Å². The Balaban J connectivity index is 0. The van der Waals surface area contributed by atoms with Gasteiger partial charge in [-0.3, -0.25) is 10.0 Å². The Morgan fingerprint density at radius 2 is 1.66 bits per heavy atom. The zero-order valence-electron chi connectivity index (χ0n) is 24.4. The summed E-state index contributed by atoms with van der Waals surface area (Å²) in [5, 5.41) is 9.75. The molecule has 3 rings (SSSR count). The number of hydrazone groups is 1. The van der Waals surface area contributed by atoms with E-state index in [2.05, 4.69) is 38.2 Å². The second kappa shape index (κ2) is 24.8. The van der Waals surface area contributed by atoms with Crippen LogP contribution in [0, 0.1) is 0 Å². The molecule has 0 aliphatic carbocycles. The van der Waals surface area contributed by atoms with Crippen LogP contribution in [0.1, 0.15) is 58.6 Å². The van der Waals surface area contributed by atoms with Gasteiger partial charge in [0.15, 0.2) is 0 Å². The minimum atomic E-state index is 0.215. The summed E-state index contributed by atoms with van der Waals surface area (Å²) >= 11 is 9.92. The summed E-state index contributed by atoms with van der Waals surface area (Å²) in [6, 6.07) is 18.6. The van der Waals surface area contributed by atoms with Crippen molar-refractivity contribution in [2.75, 3.05) is 19.8 Å². The van der Waals surface area contributed by atoms with Crippen molar-refractivity contribution in [2.45, 2.75) is 58.0 Å². The zero-order chi connectivity index (χ0) is 29.5. The van der Waals surface area contributed by atoms with Gasteiger partial charge in [-0.25, -0.2) is 10.2 Å². The van der Waals surface area contributed by atoms with Crippen LogP contribution in [0.5, 0.6) is 0 Å². The van der Waals surface area contributed by atoms with E-state index in [1.165, 1.54) is 61.2 Å². The standard InChI is InChI=1S/C16H15ClN2.C7H16N4S2.2C2H6.CH3.Tl/c1-19-11-15(12-5-3-2-4-6-12)16(18-19)13-7-9-14(17)10-8-13;1-6(2)11(9)7(4-8)13-10-5-12-3;2*1-2;;/h2-10,15H,11H2,1H3;4-6H,8-9H2,1-3H3;2*1-2H3;1H3;/b;7-4+,10-5?;;;;. The maximum absolute atomic E-state index is 5.95. The van der Waals surface area contributed by atoms with Crippen LogP contribution in [0.25, 0.3) is 0 Å². The number of rotatable bonds is 7. The molecule has 2 aromatic rings. The second-order valence-electron chi connectivity index (χ2n) is 7.34. The van der Waals surface area contributed by atoms with E-state index in [4.69, 9.17) is 23.2 Å². The normalized spacial score (nSPS) is 14.1. The van der Waals surface area contributed by atoms with Crippen LogP contribution in [-0.2, 0) is 0 Å². The first kappa shape index (κ1) is 38.9. The molecule has 2 aromatic carbocycles. The van der Waals surface area contributed by atoms with Gasteiger partial charge >= 0.3 is 30.3 Å². The van der Waals surface area contributed by atoms with Gasteiger partial charge in [-0.1, -0.05) is 81.8 Å². The molecule has 4 N–H and O–H groups in total. The third kappa shape index (κ3) is 14.8. The SMILES string of the molecule is CC.CC.CN1CC(c2ccccc2)C(c2ccc(Cl)cc2)=N1.CSC=NS/C(=C/N)N(N)C(C)C.[CH3][Tl]. The molecule has 1 aliphatic heterocycles. The third-order valence-electron chi connectivity index (χ3n) is 4.65. The first-order valence-corrected chi connectivity index (χ1v) is 19.7. The maximum atomic E-state index is 5.95. The van der Waals surface area contributed by atoms with E-state index in [1.807, 2.05) is 90.2 Å². The molecule has 0 aromatic heterocycles. The molecule has 0 radical (unpaired) electrons. The van der Waals surface area contributed by atoms with Gasteiger partial charge in [-0.15, -0.1) is 11.8 Å². The summed E-state index contributed by atoms with van der Waals surface area (Å²) in [5.74, 6) is 6.06. The number of hydrogen-bond donors (Lipinski definition) is 2. The van der Waals surface area contributed by atoms with E-state index in [1.54, 1.807) is 10.6 Å². The van der Waals surface area contributed by atoms with Gasteiger partial charge in [-0.2, -0.15) is 5.10 Å². The number of nitrogens with two attached hydrogens (primary N) is 2. The molecule has 210 valence electrons. The molecule has 1 heterocycles. The van der Waals surface area contributed by atoms with Crippen LogP contribution in [0.3, 0.4) is 0 Å². The van der Waals surface area contributed by atoms with Crippen molar-refractivity contribution in [1.82, 2.24) is 10.0 Å². The Labute approximate surface area is 261 Å². The Morgan fingerprint density at radius 3 is 2.13 bits per heavy atom. The van der Waals surface area contributed by atoms with Crippen molar-refractivity contribution in [3.63, 3.8) is 0 Å². The summed E-state index contributed by atoms with van der Waals surface area (Å²) in [6.07, 6.45) is 3.40. The van der Waals surface area contributed by atoms with Gasteiger partial charge in [0.05, 0.1) is 11.3 Å². The average Bonchev–Trinajstić information content (AvgIpc) is 3.37. The predicted octanol–water partition coefficient (Wildman–Crippen LogP) is 7.40. The number of halogens is 1. The number of hydrazine groups is 1. The van der Waals surface area contributed by atoms with E-state index in [0.717, 1.165) is 27.9 Å². The molecule has 10 heteroatoms. The van der Waals surface area contributed by atoms with E-state index >= 15 is 0 Å². The monoisotopic (exact) mass is 770 g/mol. The molecule has 0 spiro atoms. The zero-order valence-corrected chi connectivity index (χ0v) is 31.3. The van der Waals surface area contributed by atoms with Crippen molar-refractivity contribution >= 4 is 72.3 Å². The molecular formula is C28H46ClN6S2Tl. The van der Waals surface area contributed by atoms with Crippen LogP contribution < -0.4 is 11.6 Å². The summed E-state index contributed by atoms with van der Waals surface area (Å²) in [4.78, 5) is 0. The number of benzene rings is 2. The van der Waals surface area contributed by atoms with Crippen LogP contribution in [-0.4, -0.2) is 72.9 Å². The van der Waals surface area contributed by atoms with Crippen molar-refractivity contribution in [1.29, 1.82) is 0 Å². The van der Waals surface area contributed by atoms with Crippen molar-refractivity contribution in [3.8, 4) is 0 Å². The Hall–Kier alpha value is -1.21. The van der Waals surface area contributed by atoms with E-state index < -0.39 is 0 Å². The van der Waals surface area contributed by atoms with E-state index in [9.17, 15) is 0 Å². The number of likely N-dealkylation sites (N-methyl/N-ethyl adjacent to an activating group) is 1. The fraction of sp³-hybridized carbons (Fsp3) is 0.429. The Morgan fingerprint density at radius 1 is 1.11 bits per heavy atom. The Kier molecular flexibility index (Phi) is 25.4. The molecule has 0 saturated heterocycles. The Bertz CT molecular complexity index is 925. The second-order valence-corrected chi connectivity index (χ2v) is 9.27. The van der Waals surface area contributed by atoms with Crippen molar-refractivity contribution in [2.24, 2.45) is 21.1 Å². The summed E-state index contributed by atoms with van der Waals surface area (Å²) in [5.41, 5.74) is 10.7. The third-order valence-corrected chi connectivity index (χ3v) is 6.09. The molecule has 0 bridgehead atoms. The predicted molar refractivity (Wildman–Crippen MR) is 177 cm³/mol. The molecule has 6 nitrogen and oxygen atoms in total. The minimum absolute atomic E-state index is 0.215. The summed E-state index contributed by atoms with van der Waals surface area (Å²) in [7, 11) is 2.01. The molecule has 1 aliphatic rings. The molecule has 0 saturated carbocycles. The fourth-order valence-electron chi connectivity index (χ4n) is 3.01. The molecular weight excluding hydrogens is 724 g/mol. The van der Waals surface area contributed by atoms with E-state index in [-0.39, 0.29) is 6.04 Å². The van der Waals surface area contributed by atoms with Crippen LogP contribution in [0.15, 0.2) is 75.3 Å². The molecule has 1 atom stereocenters. The summed E-state index contributed by atoms with van der Waals surface area (Å²) < 4.78 is 6.22. The van der Waals surface area contributed by atoms with Crippen molar-refractivity contribution in [3.05, 3.63) is 82.0 Å². The first-order chi connectivity index (χ1) is 18.4. The van der Waals surface area contributed by atoms with Gasteiger partial charge in [0.1, 0.15) is 5.03 Å². The molecule has 38 heavy (non-hydrogen) atoms. The molecule has 1 unspecified atom stereocenters. The number of thioether (sulfide) groups is 1. The average molecular weight is 771 g/mol. The van der Waals surface area contributed by atoms with E-state index in [0.29, 0.717) is 5.92 Å². The van der Waals surface area contributed by atoms with Crippen LogP contribution in [0.2, 0.25) is 9.51 Å². The number of nitrogens with zero attached hydrogens (tertiary/aromatic N) is 4. The molecule has 0 fully saturated rings. The number of hydrogen-bond acceptors (Lipinski definition) is 8. The first-order valence-electron chi connectivity index (χ1n) is 12.7. The summed E-state index contributed by atoms with van der Waals surface area (Å²) in [6.45, 7) is 12.9. The van der Waals surface area contributed by atoms with Gasteiger partial charge in [-0.05, 0) is 43.4 Å². The molecule has 0 amide bonds. The fourth-order valence-corrected chi connectivity index (χ4v) is 4.13. The van der Waals surface area contributed by atoms with Gasteiger partial charge < -0.3 is 5.73 Å². The van der Waals surface area contributed by atoms with Gasteiger partial charge in [0, 0.05) is 48.7 Å². The van der Waals surface area contributed by atoms with Crippen LogP contribution >= 0.6 is 35.3 Å². The van der Waals surface area contributed by atoms with Crippen LogP contribution in [0.4, 0.5) is 0 Å². The van der Waals surface area contributed by atoms with Gasteiger partial charge in [0.2, 0.25) is 0 Å². The van der Waals surface area contributed by atoms with Gasteiger partial charge in [0.25, 0.3) is 0 Å². The van der Waals surface area contributed by atoms with Crippen molar-refractivity contribution < 1.29 is 0 Å².